The van der Waals surface area contributed by atoms with Gasteiger partial charge in [0.25, 0.3) is 0 Å². The number of aryl methyl sites for hydroxylation is 2. The number of hydrogen-bond acceptors (Lipinski definition) is 3. The third-order valence-corrected chi connectivity index (χ3v) is 7.85. The molecule has 1 aromatic heterocycles. The van der Waals surface area contributed by atoms with Crippen LogP contribution in [0.3, 0.4) is 0 Å². The quantitative estimate of drug-likeness (QED) is 0.142. The molecule has 0 amide bonds. The molecule has 0 aliphatic carbocycles. The number of phenolic OH excluding ortho intramolecular Hbond substituents is 1. The van der Waals surface area contributed by atoms with Crippen LogP contribution in [0.25, 0.3) is 16.7 Å². The fourth-order valence-electron chi connectivity index (χ4n) is 5.46. The minimum Gasteiger partial charge on any atom is -0.505 e. The zero-order chi connectivity index (χ0) is 26.8. The summed E-state index contributed by atoms with van der Waals surface area (Å²) in [5, 5.41) is 20.6. The predicted octanol–water partition coefficient (Wildman–Crippen LogP) is 10.3. The first-order valence-electron chi connectivity index (χ1n) is 15.9. The SMILES string of the molecule is CCCCCCCCCCCCc1cc(CCCCCCCCCC)cc(-n2nc3ccccc3n2)c1O. The molecule has 0 saturated heterocycles. The van der Waals surface area contributed by atoms with Crippen LogP contribution < -0.4 is 0 Å². The zero-order valence-electron chi connectivity index (χ0n) is 24.4. The zero-order valence-corrected chi connectivity index (χ0v) is 24.4. The van der Waals surface area contributed by atoms with Gasteiger partial charge in [0.1, 0.15) is 22.5 Å². The van der Waals surface area contributed by atoms with Crippen molar-refractivity contribution in [2.45, 2.75) is 142 Å². The van der Waals surface area contributed by atoms with Crippen molar-refractivity contribution in [1.82, 2.24) is 15.0 Å². The highest BCUT2D eigenvalue weighted by Crippen LogP contribution is 2.30. The van der Waals surface area contributed by atoms with Crippen molar-refractivity contribution in [3.8, 4) is 11.4 Å². The summed E-state index contributed by atoms with van der Waals surface area (Å²) in [5.74, 6) is 0.348. The Kier molecular flexibility index (Phi) is 14.3. The molecule has 0 saturated carbocycles. The van der Waals surface area contributed by atoms with Gasteiger partial charge in [-0.25, -0.2) is 0 Å². The summed E-state index contributed by atoms with van der Waals surface area (Å²) in [7, 11) is 0. The van der Waals surface area contributed by atoms with Gasteiger partial charge < -0.3 is 5.11 Å². The van der Waals surface area contributed by atoms with Gasteiger partial charge in [-0.2, -0.15) is 0 Å². The van der Waals surface area contributed by atoms with E-state index in [1.807, 2.05) is 24.3 Å². The van der Waals surface area contributed by atoms with E-state index in [4.69, 9.17) is 0 Å². The van der Waals surface area contributed by atoms with Gasteiger partial charge in [0, 0.05) is 0 Å². The molecule has 4 nitrogen and oxygen atoms in total. The van der Waals surface area contributed by atoms with Crippen LogP contribution in [0.1, 0.15) is 141 Å². The van der Waals surface area contributed by atoms with E-state index in [2.05, 4.69) is 36.2 Å². The Hall–Kier alpha value is -2.36. The normalized spacial score (nSPS) is 11.5. The van der Waals surface area contributed by atoms with Crippen LogP contribution in [0.4, 0.5) is 0 Å². The number of nitrogens with zero attached hydrogens (tertiary/aromatic N) is 3. The first kappa shape index (κ1) is 30.2. The molecular formula is C34H53N3O. The number of fused-ring (bicyclic) bond motifs is 1. The molecular weight excluding hydrogens is 466 g/mol. The van der Waals surface area contributed by atoms with Gasteiger partial charge in [0.15, 0.2) is 0 Å². The minimum absolute atomic E-state index is 0.348. The summed E-state index contributed by atoms with van der Waals surface area (Å²) in [6.45, 7) is 4.55. The number of aromatic hydroxyl groups is 1. The second kappa shape index (κ2) is 18.0. The van der Waals surface area contributed by atoms with Crippen molar-refractivity contribution < 1.29 is 5.11 Å². The van der Waals surface area contributed by atoms with Gasteiger partial charge in [-0.15, -0.1) is 15.0 Å². The highest BCUT2D eigenvalue weighted by atomic mass is 16.3. The first-order valence-corrected chi connectivity index (χ1v) is 15.9. The van der Waals surface area contributed by atoms with E-state index in [0.717, 1.165) is 41.5 Å². The third-order valence-electron chi connectivity index (χ3n) is 7.85. The average Bonchev–Trinajstić information content (AvgIpc) is 3.36. The Morgan fingerprint density at radius 1 is 0.579 bits per heavy atom. The van der Waals surface area contributed by atoms with Crippen molar-refractivity contribution in [2.75, 3.05) is 0 Å². The van der Waals surface area contributed by atoms with E-state index >= 15 is 0 Å². The van der Waals surface area contributed by atoms with Crippen molar-refractivity contribution in [3.63, 3.8) is 0 Å². The Balaban J connectivity index is 1.56. The summed E-state index contributed by atoms with van der Waals surface area (Å²) in [4.78, 5) is 1.64. The molecule has 0 radical (unpaired) electrons. The van der Waals surface area contributed by atoms with Gasteiger partial charge in [0.2, 0.25) is 0 Å². The maximum absolute atomic E-state index is 11.2. The van der Waals surface area contributed by atoms with Crippen molar-refractivity contribution >= 4 is 11.0 Å². The molecule has 1 N–H and O–H groups in total. The van der Waals surface area contributed by atoms with Crippen LogP contribution in [0.15, 0.2) is 36.4 Å². The highest BCUT2D eigenvalue weighted by molar-refractivity contribution is 5.73. The maximum Gasteiger partial charge on any atom is 0.146 e. The molecule has 210 valence electrons. The Bertz CT molecular complexity index is 1010. The number of hydrogen-bond donors (Lipinski definition) is 1. The number of rotatable bonds is 21. The summed E-state index contributed by atoms with van der Waals surface area (Å²) < 4.78 is 0. The second-order valence-electron chi connectivity index (χ2n) is 11.3. The van der Waals surface area contributed by atoms with E-state index in [0.29, 0.717) is 5.75 Å². The second-order valence-corrected chi connectivity index (χ2v) is 11.3. The largest absolute Gasteiger partial charge is 0.505 e. The smallest absolute Gasteiger partial charge is 0.146 e. The van der Waals surface area contributed by atoms with Crippen LogP contribution in [0.2, 0.25) is 0 Å². The number of unbranched alkanes of at least 4 members (excludes halogenated alkanes) is 16. The van der Waals surface area contributed by atoms with Crippen molar-refractivity contribution in [2.24, 2.45) is 0 Å². The third kappa shape index (κ3) is 10.4. The number of aromatic nitrogens is 3. The summed E-state index contributed by atoms with van der Waals surface area (Å²) in [5.41, 5.74) is 4.79. The Morgan fingerprint density at radius 2 is 1.03 bits per heavy atom. The first-order chi connectivity index (χ1) is 18.7. The van der Waals surface area contributed by atoms with E-state index < -0.39 is 0 Å². The van der Waals surface area contributed by atoms with E-state index in [1.165, 1.54) is 115 Å². The summed E-state index contributed by atoms with van der Waals surface area (Å²) in [6, 6.07) is 12.3. The molecule has 0 atom stereocenters. The molecule has 4 heteroatoms. The molecule has 0 unspecified atom stereocenters. The van der Waals surface area contributed by atoms with Crippen molar-refractivity contribution in [3.05, 3.63) is 47.5 Å². The van der Waals surface area contributed by atoms with Gasteiger partial charge in [-0.1, -0.05) is 135 Å². The molecule has 0 aliphatic rings. The summed E-state index contributed by atoms with van der Waals surface area (Å²) in [6.07, 6.45) is 25.8. The van der Waals surface area contributed by atoms with Gasteiger partial charge >= 0.3 is 0 Å². The van der Waals surface area contributed by atoms with Crippen LogP contribution in [-0.4, -0.2) is 20.1 Å². The predicted molar refractivity (Wildman–Crippen MR) is 162 cm³/mol. The molecule has 0 fully saturated rings. The monoisotopic (exact) mass is 519 g/mol. The van der Waals surface area contributed by atoms with E-state index in [1.54, 1.807) is 4.80 Å². The fourth-order valence-corrected chi connectivity index (χ4v) is 5.46. The minimum atomic E-state index is 0.348. The van der Waals surface area contributed by atoms with Crippen LogP contribution in [0.5, 0.6) is 5.75 Å². The standard InChI is InChI=1S/C34H53N3O/c1-3-5-7-9-11-13-14-16-18-20-24-30-27-29(23-19-17-15-12-10-8-6-4-2)28-33(34(30)38)37-35-31-25-21-22-26-32(31)36-37/h21-22,25-28,38H,3-20,23-24H2,1-2H3. The molecule has 0 aliphatic heterocycles. The molecule has 2 aromatic carbocycles. The fraction of sp³-hybridized carbons (Fsp3) is 0.647. The lowest BCUT2D eigenvalue weighted by atomic mass is 9.98. The molecule has 3 aromatic rings. The molecule has 3 rings (SSSR count). The Labute approximate surface area is 232 Å². The lowest BCUT2D eigenvalue weighted by Gasteiger charge is -2.13. The van der Waals surface area contributed by atoms with E-state index in [-0.39, 0.29) is 0 Å². The van der Waals surface area contributed by atoms with Crippen LogP contribution >= 0.6 is 0 Å². The molecule has 1 heterocycles. The molecule has 0 bridgehead atoms. The topological polar surface area (TPSA) is 50.9 Å². The maximum atomic E-state index is 11.2. The van der Waals surface area contributed by atoms with Crippen LogP contribution in [-0.2, 0) is 12.8 Å². The van der Waals surface area contributed by atoms with E-state index in [9.17, 15) is 5.11 Å². The van der Waals surface area contributed by atoms with Crippen molar-refractivity contribution in [1.29, 1.82) is 0 Å². The Morgan fingerprint density at radius 3 is 1.53 bits per heavy atom. The lowest BCUT2D eigenvalue weighted by Crippen LogP contribution is -2.03. The van der Waals surface area contributed by atoms with Gasteiger partial charge in [0.05, 0.1) is 0 Å². The summed E-state index contributed by atoms with van der Waals surface area (Å²) >= 11 is 0. The van der Waals surface area contributed by atoms with Gasteiger partial charge in [-0.05, 0) is 55.0 Å². The molecule has 38 heavy (non-hydrogen) atoms. The average molecular weight is 520 g/mol. The molecule has 0 spiro atoms. The number of benzene rings is 2. The highest BCUT2D eigenvalue weighted by Gasteiger charge is 2.15. The lowest BCUT2D eigenvalue weighted by molar-refractivity contribution is 0.458. The van der Waals surface area contributed by atoms with Crippen LogP contribution in [0, 0.1) is 0 Å². The van der Waals surface area contributed by atoms with Gasteiger partial charge in [-0.3, -0.25) is 0 Å². The number of phenols is 1.